The van der Waals surface area contributed by atoms with Crippen LogP contribution in [0.15, 0.2) is 30.3 Å². The molecule has 1 amide bonds. The van der Waals surface area contributed by atoms with E-state index in [2.05, 4.69) is 0 Å². The number of hydrogen-bond acceptors (Lipinski definition) is 2. The molecule has 2 atom stereocenters. The van der Waals surface area contributed by atoms with Crippen LogP contribution < -0.4 is 5.73 Å². The van der Waals surface area contributed by atoms with Crippen molar-refractivity contribution in [1.82, 2.24) is 4.90 Å². The largest absolute Gasteiger partial charge is 0.404 e. The van der Waals surface area contributed by atoms with Gasteiger partial charge >= 0.3 is 12.4 Å². The van der Waals surface area contributed by atoms with Gasteiger partial charge in [0.25, 0.3) is 0 Å². The van der Waals surface area contributed by atoms with E-state index in [1.165, 1.54) is 6.92 Å². The molecule has 140 valence electrons. The molecular weight excluding hydrogens is 350 g/mol. The van der Waals surface area contributed by atoms with Crippen molar-refractivity contribution in [2.45, 2.75) is 31.7 Å². The number of alkyl halides is 6. The molecule has 9 heteroatoms. The van der Waals surface area contributed by atoms with Gasteiger partial charge in [-0.15, -0.1) is 0 Å². The Morgan fingerprint density at radius 3 is 2.08 bits per heavy atom. The minimum atomic E-state index is -5.48. The summed E-state index contributed by atoms with van der Waals surface area (Å²) >= 11 is 0. The number of nitrogens with two attached hydrogens (primary N) is 1. The fourth-order valence-corrected chi connectivity index (χ4v) is 3.03. The Kier molecular flexibility index (Phi) is 5.09. The Hall–Kier alpha value is -1.77. The number of nitrogens with zero attached hydrogens (tertiary/aromatic N) is 1. The van der Waals surface area contributed by atoms with E-state index in [0.717, 1.165) is 0 Å². The minimum absolute atomic E-state index is 0.584. The molecule has 2 rings (SSSR count). The maximum absolute atomic E-state index is 13.1. The normalized spacial score (nSPS) is 20.4. The lowest BCUT2D eigenvalue weighted by molar-refractivity contribution is -0.334. The van der Waals surface area contributed by atoms with Gasteiger partial charge in [0, 0.05) is 19.1 Å². The Balaban J connectivity index is 2.19. The zero-order chi connectivity index (χ0) is 19.0. The van der Waals surface area contributed by atoms with Crippen molar-refractivity contribution in [3.8, 4) is 0 Å². The lowest BCUT2D eigenvalue weighted by Gasteiger charge is -2.34. The van der Waals surface area contributed by atoms with E-state index in [1.54, 1.807) is 30.3 Å². The predicted octanol–water partition coefficient (Wildman–Crippen LogP) is 3.67. The summed E-state index contributed by atoms with van der Waals surface area (Å²) in [7, 11) is 0. The van der Waals surface area contributed by atoms with Gasteiger partial charge in [-0.1, -0.05) is 37.3 Å². The summed E-state index contributed by atoms with van der Waals surface area (Å²) in [6.07, 6.45) is -12.2. The molecule has 0 aromatic heterocycles. The SMILES string of the molecule is CC(C(=O)N1CCC(C(F)(F)F)(C(F)(F)F)C1)C(N)c1ccccc1. The van der Waals surface area contributed by atoms with Crippen molar-refractivity contribution in [2.75, 3.05) is 13.1 Å². The molecule has 0 bridgehead atoms. The third-order valence-corrected chi connectivity index (χ3v) is 4.78. The topological polar surface area (TPSA) is 46.3 Å². The van der Waals surface area contributed by atoms with Gasteiger partial charge in [0.15, 0.2) is 5.41 Å². The number of benzene rings is 1. The van der Waals surface area contributed by atoms with E-state index in [-0.39, 0.29) is 0 Å². The van der Waals surface area contributed by atoms with Gasteiger partial charge < -0.3 is 10.6 Å². The van der Waals surface area contributed by atoms with Gasteiger partial charge in [0.2, 0.25) is 5.91 Å². The van der Waals surface area contributed by atoms with E-state index in [4.69, 9.17) is 5.73 Å². The first-order valence-corrected chi connectivity index (χ1v) is 7.63. The summed E-state index contributed by atoms with van der Waals surface area (Å²) in [6, 6.07) is 7.56. The van der Waals surface area contributed by atoms with E-state index < -0.39 is 55.1 Å². The molecule has 0 radical (unpaired) electrons. The molecule has 1 saturated heterocycles. The number of amides is 1. The summed E-state index contributed by atoms with van der Waals surface area (Å²) in [5.74, 6) is -1.76. The first-order valence-electron chi connectivity index (χ1n) is 7.63. The maximum atomic E-state index is 13.1. The fraction of sp³-hybridized carbons (Fsp3) is 0.562. The van der Waals surface area contributed by atoms with Crippen LogP contribution >= 0.6 is 0 Å². The fourth-order valence-electron chi connectivity index (χ4n) is 3.03. The first kappa shape index (κ1) is 19.6. The second kappa shape index (κ2) is 6.51. The van der Waals surface area contributed by atoms with Crippen LogP contribution in [0.2, 0.25) is 0 Å². The molecule has 25 heavy (non-hydrogen) atoms. The van der Waals surface area contributed by atoms with E-state index >= 15 is 0 Å². The molecule has 1 fully saturated rings. The molecule has 0 saturated carbocycles. The average molecular weight is 368 g/mol. The van der Waals surface area contributed by atoms with Crippen molar-refractivity contribution in [2.24, 2.45) is 17.1 Å². The van der Waals surface area contributed by atoms with E-state index in [0.29, 0.717) is 10.5 Å². The molecule has 3 nitrogen and oxygen atoms in total. The molecule has 2 unspecified atom stereocenters. The Morgan fingerprint density at radius 2 is 1.64 bits per heavy atom. The second-order valence-electron chi connectivity index (χ2n) is 6.31. The third-order valence-electron chi connectivity index (χ3n) is 4.78. The summed E-state index contributed by atoms with van der Waals surface area (Å²) in [4.78, 5) is 13.0. The van der Waals surface area contributed by atoms with Gasteiger partial charge in [0.1, 0.15) is 0 Å². The summed E-state index contributed by atoms with van der Waals surface area (Å²) < 4.78 is 78.5. The monoisotopic (exact) mass is 368 g/mol. The molecular formula is C16H18F6N2O. The highest BCUT2D eigenvalue weighted by molar-refractivity contribution is 5.80. The predicted molar refractivity (Wildman–Crippen MR) is 78.3 cm³/mol. The molecule has 2 N–H and O–H groups in total. The molecule has 0 spiro atoms. The molecule has 1 aliphatic rings. The van der Waals surface area contributed by atoms with Gasteiger partial charge in [-0.2, -0.15) is 26.3 Å². The minimum Gasteiger partial charge on any atom is -0.341 e. The molecule has 1 heterocycles. The van der Waals surface area contributed by atoms with Crippen LogP contribution in [0.4, 0.5) is 26.3 Å². The molecule has 0 aliphatic carbocycles. The van der Waals surface area contributed by atoms with Gasteiger partial charge in [-0.25, -0.2) is 0 Å². The van der Waals surface area contributed by atoms with Gasteiger partial charge in [0.05, 0.1) is 5.92 Å². The van der Waals surface area contributed by atoms with Crippen molar-refractivity contribution in [3.05, 3.63) is 35.9 Å². The highest BCUT2D eigenvalue weighted by atomic mass is 19.4. The van der Waals surface area contributed by atoms with Gasteiger partial charge in [-0.3, -0.25) is 4.79 Å². The third kappa shape index (κ3) is 3.47. The Bertz CT molecular complexity index is 599. The number of halogens is 6. The maximum Gasteiger partial charge on any atom is 0.404 e. The first-order chi connectivity index (χ1) is 11.4. The molecule has 1 aliphatic heterocycles. The Labute approximate surface area is 140 Å². The highest BCUT2D eigenvalue weighted by Gasteiger charge is 2.73. The van der Waals surface area contributed by atoms with Crippen molar-refractivity contribution in [1.29, 1.82) is 0 Å². The van der Waals surface area contributed by atoms with Crippen LogP contribution in [0.25, 0.3) is 0 Å². The summed E-state index contributed by atoms with van der Waals surface area (Å²) in [5.41, 5.74) is 2.66. The molecule has 1 aromatic rings. The van der Waals surface area contributed by atoms with Crippen molar-refractivity contribution in [3.63, 3.8) is 0 Å². The number of hydrogen-bond donors (Lipinski definition) is 1. The lowest BCUT2D eigenvalue weighted by Crippen LogP contribution is -2.52. The van der Waals surface area contributed by atoms with Crippen LogP contribution in [0.1, 0.15) is 24.9 Å². The smallest absolute Gasteiger partial charge is 0.341 e. The molecule has 1 aromatic carbocycles. The van der Waals surface area contributed by atoms with Crippen molar-refractivity contribution >= 4 is 5.91 Å². The standard InChI is InChI=1S/C16H18F6N2O/c1-10(12(23)11-5-3-2-4-6-11)13(25)24-8-7-14(9-24,15(17,18)19)16(20,21)22/h2-6,10,12H,7-9,23H2,1H3. The second-order valence-corrected chi connectivity index (χ2v) is 6.31. The van der Waals surface area contributed by atoms with Crippen LogP contribution in [-0.4, -0.2) is 36.2 Å². The van der Waals surface area contributed by atoms with Crippen LogP contribution in [-0.2, 0) is 4.79 Å². The number of rotatable bonds is 3. The van der Waals surface area contributed by atoms with Crippen molar-refractivity contribution < 1.29 is 31.1 Å². The Morgan fingerprint density at radius 1 is 1.12 bits per heavy atom. The summed E-state index contributed by atoms with van der Waals surface area (Å²) in [5, 5.41) is 0. The van der Waals surface area contributed by atoms with E-state index in [1.807, 2.05) is 0 Å². The number of likely N-dealkylation sites (tertiary alicyclic amines) is 1. The van der Waals surface area contributed by atoms with Gasteiger partial charge in [-0.05, 0) is 12.0 Å². The number of carbonyl (C=O) groups excluding carboxylic acids is 1. The highest BCUT2D eigenvalue weighted by Crippen LogP contribution is 2.55. The average Bonchev–Trinajstić information content (AvgIpc) is 3.00. The van der Waals surface area contributed by atoms with Crippen LogP contribution in [0.3, 0.4) is 0 Å². The van der Waals surface area contributed by atoms with Crippen LogP contribution in [0.5, 0.6) is 0 Å². The zero-order valence-corrected chi connectivity index (χ0v) is 13.4. The number of carbonyl (C=O) groups is 1. The van der Waals surface area contributed by atoms with E-state index in [9.17, 15) is 31.1 Å². The summed E-state index contributed by atoms with van der Waals surface area (Å²) in [6.45, 7) is -0.629. The quantitative estimate of drug-likeness (QED) is 0.828. The zero-order valence-electron chi connectivity index (χ0n) is 13.4. The lowest BCUT2D eigenvalue weighted by atomic mass is 9.85. The van der Waals surface area contributed by atoms with Crippen LogP contribution in [0, 0.1) is 11.3 Å².